The number of benzene rings is 3. The number of nitrogens with zero attached hydrogens (tertiary/aromatic N) is 2. The molecular formula is C29H21Cl2N3O3. The van der Waals surface area contributed by atoms with Crippen molar-refractivity contribution in [3.63, 3.8) is 0 Å². The maximum Gasteiger partial charge on any atom is 0.274 e. The molecule has 5 aromatic rings. The lowest BCUT2D eigenvalue weighted by Gasteiger charge is -2.12. The number of hydrogen-bond donors (Lipinski definition) is 3. The quantitative estimate of drug-likeness (QED) is 0.219. The first-order chi connectivity index (χ1) is 17.9. The first-order valence-electron chi connectivity index (χ1n) is 11.4. The molecule has 2 heterocycles. The van der Waals surface area contributed by atoms with Gasteiger partial charge in [0.05, 0.1) is 16.3 Å². The molecule has 0 aliphatic rings. The van der Waals surface area contributed by atoms with Crippen LogP contribution >= 0.6 is 23.2 Å². The smallest absolute Gasteiger partial charge is 0.274 e. The van der Waals surface area contributed by atoms with Gasteiger partial charge in [0, 0.05) is 28.9 Å². The Morgan fingerprint density at radius 3 is 2.27 bits per heavy atom. The Bertz CT molecular complexity index is 1590. The molecule has 3 N–H and O–H groups in total. The minimum absolute atomic E-state index is 0.163. The molecule has 0 atom stereocenters. The third-order valence-electron chi connectivity index (χ3n) is 5.95. The molecule has 5 rings (SSSR count). The van der Waals surface area contributed by atoms with Crippen molar-refractivity contribution in [2.75, 3.05) is 5.32 Å². The first kappa shape index (κ1) is 24.4. The lowest BCUT2D eigenvalue weighted by molar-refractivity contribution is 0.102. The maximum absolute atomic E-state index is 12.5. The Labute approximate surface area is 223 Å². The van der Waals surface area contributed by atoms with Crippen molar-refractivity contribution < 1.29 is 15.0 Å². The number of carbonyl (C=O) groups excluding carboxylic acids is 1. The van der Waals surface area contributed by atoms with Crippen molar-refractivity contribution in [3.8, 4) is 28.6 Å². The zero-order chi connectivity index (χ0) is 25.9. The Kier molecular flexibility index (Phi) is 6.86. The summed E-state index contributed by atoms with van der Waals surface area (Å²) in [4.78, 5) is 16.5. The molecule has 37 heavy (non-hydrogen) atoms. The van der Waals surface area contributed by atoms with E-state index in [1.54, 1.807) is 42.5 Å². The van der Waals surface area contributed by atoms with Crippen LogP contribution in [-0.2, 0) is 6.42 Å². The van der Waals surface area contributed by atoms with Gasteiger partial charge in [0.15, 0.2) is 0 Å². The van der Waals surface area contributed by atoms with Crippen LogP contribution in [0.4, 0.5) is 5.69 Å². The van der Waals surface area contributed by atoms with Gasteiger partial charge in [-0.2, -0.15) is 0 Å². The Balaban J connectivity index is 1.57. The highest BCUT2D eigenvalue weighted by Gasteiger charge is 2.26. The molecule has 1 amide bonds. The lowest BCUT2D eigenvalue weighted by atomic mass is 9.98. The second-order valence-electron chi connectivity index (χ2n) is 8.31. The van der Waals surface area contributed by atoms with E-state index in [-0.39, 0.29) is 34.8 Å². The number of halogens is 2. The number of anilines is 1. The number of aromatic hydroxyl groups is 2. The van der Waals surface area contributed by atoms with Crippen molar-refractivity contribution in [2.24, 2.45) is 0 Å². The van der Waals surface area contributed by atoms with Gasteiger partial charge in [-0.05, 0) is 47.5 Å². The van der Waals surface area contributed by atoms with E-state index in [0.717, 1.165) is 11.1 Å². The van der Waals surface area contributed by atoms with E-state index in [1.165, 1.54) is 10.8 Å². The molecule has 8 heteroatoms. The molecule has 0 saturated heterocycles. The Hall–Kier alpha value is -4.26. The molecule has 0 fully saturated rings. The molecule has 0 spiro atoms. The molecule has 6 nitrogen and oxygen atoms in total. The van der Waals surface area contributed by atoms with Gasteiger partial charge in [-0.25, -0.2) is 4.57 Å². The van der Waals surface area contributed by atoms with Crippen LogP contribution in [0.1, 0.15) is 21.6 Å². The third kappa shape index (κ3) is 4.89. The van der Waals surface area contributed by atoms with Crippen molar-refractivity contribution in [3.05, 3.63) is 124 Å². The van der Waals surface area contributed by atoms with Crippen molar-refractivity contribution in [2.45, 2.75) is 6.42 Å². The molecule has 0 bridgehead atoms. The fraction of sp³-hybridized carbons (Fsp3) is 0.0345. The van der Waals surface area contributed by atoms with Gasteiger partial charge in [0.2, 0.25) is 11.8 Å². The van der Waals surface area contributed by atoms with E-state index in [1.807, 2.05) is 48.5 Å². The van der Waals surface area contributed by atoms with Crippen molar-refractivity contribution in [1.82, 2.24) is 9.55 Å². The number of carbonyl (C=O) groups is 1. The second kappa shape index (κ2) is 10.4. The Morgan fingerprint density at radius 2 is 1.57 bits per heavy atom. The first-order valence-corrected chi connectivity index (χ1v) is 12.2. The van der Waals surface area contributed by atoms with E-state index in [2.05, 4.69) is 10.3 Å². The molecule has 0 unspecified atom stereocenters. The SMILES string of the molecule is O=C(Nc1ccc(-n2c(O)c(Cc3ccccc3Cl)c(-c3ccccc3)c2O)c(Cl)c1)c1ccccn1. The summed E-state index contributed by atoms with van der Waals surface area (Å²) in [7, 11) is 0. The standard InChI is InChI=1S/C29H21Cl2N3O3/c30-22-11-5-4-10-19(22)16-21-26(18-8-2-1-3-9-18)29(37)34(28(21)36)25-14-13-20(17-23(25)31)33-27(35)24-12-6-7-15-32-24/h1-15,17,36-37H,16H2,(H,33,35). The van der Waals surface area contributed by atoms with Crippen LogP contribution in [0, 0.1) is 0 Å². The minimum atomic E-state index is -0.385. The summed E-state index contributed by atoms with van der Waals surface area (Å²) < 4.78 is 1.29. The van der Waals surface area contributed by atoms with E-state index >= 15 is 0 Å². The summed E-state index contributed by atoms with van der Waals surface area (Å²) in [6, 6.07) is 26.5. The van der Waals surface area contributed by atoms with Crippen molar-refractivity contribution in [1.29, 1.82) is 0 Å². The number of aromatic nitrogens is 2. The fourth-order valence-corrected chi connectivity index (χ4v) is 4.66. The zero-order valence-corrected chi connectivity index (χ0v) is 20.9. The molecule has 184 valence electrons. The van der Waals surface area contributed by atoms with E-state index in [0.29, 0.717) is 27.5 Å². The molecular weight excluding hydrogens is 509 g/mol. The van der Waals surface area contributed by atoms with E-state index in [9.17, 15) is 15.0 Å². The van der Waals surface area contributed by atoms with Gasteiger partial charge >= 0.3 is 0 Å². The number of rotatable bonds is 6. The van der Waals surface area contributed by atoms with Gasteiger partial charge < -0.3 is 15.5 Å². The number of hydrogen-bond acceptors (Lipinski definition) is 4. The summed E-state index contributed by atoms with van der Waals surface area (Å²) in [6.07, 6.45) is 1.82. The van der Waals surface area contributed by atoms with E-state index in [4.69, 9.17) is 23.2 Å². The van der Waals surface area contributed by atoms with Crippen LogP contribution in [0.25, 0.3) is 16.8 Å². The average molecular weight is 530 g/mol. The monoisotopic (exact) mass is 529 g/mol. The molecule has 0 saturated carbocycles. The van der Waals surface area contributed by atoms with Crippen LogP contribution in [0.15, 0.2) is 97.2 Å². The van der Waals surface area contributed by atoms with Crippen LogP contribution in [-0.4, -0.2) is 25.7 Å². The zero-order valence-electron chi connectivity index (χ0n) is 19.4. The van der Waals surface area contributed by atoms with Crippen LogP contribution in [0.2, 0.25) is 10.0 Å². The van der Waals surface area contributed by atoms with E-state index < -0.39 is 0 Å². The summed E-state index contributed by atoms with van der Waals surface area (Å²) >= 11 is 13.0. The number of amides is 1. The largest absolute Gasteiger partial charge is 0.494 e. The molecule has 0 aliphatic carbocycles. The normalized spacial score (nSPS) is 10.9. The molecule has 0 aliphatic heterocycles. The van der Waals surface area contributed by atoms with Gasteiger partial charge in [0.25, 0.3) is 5.91 Å². The summed E-state index contributed by atoms with van der Waals surface area (Å²) in [6.45, 7) is 0. The third-order valence-corrected chi connectivity index (χ3v) is 6.62. The van der Waals surface area contributed by atoms with Gasteiger partial charge in [-0.3, -0.25) is 9.78 Å². The van der Waals surface area contributed by atoms with Gasteiger partial charge in [0.1, 0.15) is 5.69 Å². The van der Waals surface area contributed by atoms with Gasteiger partial charge in [-0.15, -0.1) is 0 Å². The summed E-state index contributed by atoms with van der Waals surface area (Å²) in [5, 5.41) is 26.3. The lowest BCUT2D eigenvalue weighted by Crippen LogP contribution is -2.13. The molecule has 0 radical (unpaired) electrons. The van der Waals surface area contributed by atoms with Crippen LogP contribution in [0.5, 0.6) is 11.8 Å². The minimum Gasteiger partial charge on any atom is -0.494 e. The highest BCUT2D eigenvalue weighted by Crippen LogP contribution is 2.46. The maximum atomic E-state index is 12.5. The van der Waals surface area contributed by atoms with Crippen molar-refractivity contribution >= 4 is 34.8 Å². The predicted molar refractivity (Wildman–Crippen MR) is 146 cm³/mol. The Morgan fingerprint density at radius 1 is 0.838 bits per heavy atom. The summed E-state index contributed by atoms with van der Waals surface area (Å²) in [5.41, 5.74) is 3.55. The molecule has 2 aromatic heterocycles. The number of pyridine rings is 1. The predicted octanol–water partition coefficient (Wildman–Crippen LogP) is 7.10. The highest BCUT2D eigenvalue weighted by atomic mass is 35.5. The topological polar surface area (TPSA) is 87.4 Å². The van der Waals surface area contributed by atoms with Crippen LogP contribution in [0.3, 0.4) is 0 Å². The molecule has 3 aromatic carbocycles. The fourth-order valence-electron chi connectivity index (χ4n) is 4.19. The summed E-state index contributed by atoms with van der Waals surface area (Å²) in [5.74, 6) is -0.717. The van der Waals surface area contributed by atoms with Crippen LogP contribution < -0.4 is 5.32 Å². The number of nitrogens with one attached hydrogen (secondary N) is 1. The highest BCUT2D eigenvalue weighted by molar-refractivity contribution is 6.33. The second-order valence-corrected chi connectivity index (χ2v) is 9.12. The average Bonchev–Trinajstić information content (AvgIpc) is 3.15. The van der Waals surface area contributed by atoms with Gasteiger partial charge in [-0.1, -0.05) is 77.8 Å².